The third-order valence-electron chi connectivity index (χ3n) is 2.42. The van der Waals surface area contributed by atoms with Gasteiger partial charge < -0.3 is 10.6 Å². The van der Waals surface area contributed by atoms with Gasteiger partial charge in [-0.1, -0.05) is 0 Å². The second-order valence-corrected chi connectivity index (χ2v) is 4.15. The first-order chi connectivity index (χ1) is 8.26. The van der Waals surface area contributed by atoms with E-state index in [1.54, 1.807) is 13.8 Å². The fourth-order valence-electron chi connectivity index (χ4n) is 1.52. The highest BCUT2D eigenvalue weighted by Crippen LogP contribution is 2.26. The molecule has 2 N–H and O–H groups in total. The van der Waals surface area contributed by atoms with Crippen molar-refractivity contribution in [1.29, 1.82) is 0 Å². The first-order valence-electron chi connectivity index (χ1n) is 5.43. The van der Waals surface area contributed by atoms with Crippen LogP contribution in [0, 0.1) is 5.82 Å². The molecule has 18 heavy (non-hydrogen) atoms. The molecule has 0 aliphatic rings. The van der Waals surface area contributed by atoms with Crippen molar-refractivity contribution in [3.05, 3.63) is 23.6 Å². The molecule has 7 heteroatoms. The minimum absolute atomic E-state index is 0.0840. The van der Waals surface area contributed by atoms with Gasteiger partial charge in [0, 0.05) is 24.3 Å². The number of rotatable bonds is 4. The maximum Gasteiger partial charge on any atom is 0.405 e. The largest absolute Gasteiger partial charge is 0.405 e. The molecular weight excluding hydrogens is 250 g/mol. The van der Waals surface area contributed by atoms with Gasteiger partial charge in [0.2, 0.25) is 0 Å². The molecule has 102 valence electrons. The molecule has 0 unspecified atom stereocenters. The van der Waals surface area contributed by atoms with Crippen LogP contribution in [0.2, 0.25) is 0 Å². The zero-order chi connectivity index (χ0) is 13.9. The maximum absolute atomic E-state index is 13.9. The monoisotopic (exact) mass is 265 g/mol. The van der Waals surface area contributed by atoms with Gasteiger partial charge in [0.1, 0.15) is 6.54 Å². The average molecular weight is 265 g/mol. The van der Waals surface area contributed by atoms with Crippen molar-refractivity contribution in [2.24, 2.45) is 5.73 Å². The predicted octanol–water partition coefficient (Wildman–Crippen LogP) is 2.46. The molecule has 0 radical (unpaired) electrons. The van der Waals surface area contributed by atoms with Crippen LogP contribution in [0.3, 0.4) is 0 Å². The lowest BCUT2D eigenvalue weighted by atomic mass is 10.2. The molecule has 1 rings (SSSR count). The minimum Gasteiger partial charge on any atom is -0.343 e. The van der Waals surface area contributed by atoms with Crippen molar-refractivity contribution in [2.75, 3.05) is 11.4 Å². The Balaban J connectivity index is 3.14. The van der Waals surface area contributed by atoms with Crippen molar-refractivity contribution in [1.82, 2.24) is 4.98 Å². The van der Waals surface area contributed by atoms with Gasteiger partial charge in [-0.2, -0.15) is 13.2 Å². The fourth-order valence-corrected chi connectivity index (χ4v) is 1.52. The normalized spacial score (nSPS) is 12.0. The summed E-state index contributed by atoms with van der Waals surface area (Å²) in [5.74, 6) is -1.11. The highest BCUT2D eigenvalue weighted by atomic mass is 19.4. The van der Waals surface area contributed by atoms with Crippen LogP contribution in [0.1, 0.15) is 19.4 Å². The van der Waals surface area contributed by atoms with Gasteiger partial charge >= 0.3 is 6.18 Å². The Labute approximate surface area is 103 Å². The number of pyridine rings is 1. The SMILES string of the molecule is CC(C)N(CC(F)(F)F)c1nccc(CN)c1F. The lowest BCUT2D eigenvalue weighted by molar-refractivity contribution is -0.120. The second kappa shape index (κ2) is 5.51. The van der Waals surface area contributed by atoms with Crippen LogP contribution in [-0.2, 0) is 6.54 Å². The maximum atomic E-state index is 13.9. The molecule has 0 spiro atoms. The van der Waals surface area contributed by atoms with E-state index in [2.05, 4.69) is 4.98 Å². The highest BCUT2D eigenvalue weighted by Gasteiger charge is 2.33. The van der Waals surface area contributed by atoms with E-state index in [-0.39, 0.29) is 17.9 Å². The van der Waals surface area contributed by atoms with E-state index in [9.17, 15) is 17.6 Å². The molecule has 0 amide bonds. The Morgan fingerprint density at radius 1 is 1.39 bits per heavy atom. The summed E-state index contributed by atoms with van der Waals surface area (Å²) in [6.45, 7) is 1.76. The van der Waals surface area contributed by atoms with Crippen molar-refractivity contribution >= 4 is 5.82 Å². The number of nitrogens with two attached hydrogens (primary N) is 1. The molecule has 1 aromatic rings. The van der Waals surface area contributed by atoms with Gasteiger partial charge in [0.25, 0.3) is 0 Å². The molecule has 0 aliphatic heterocycles. The van der Waals surface area contributed by atoms with Crippen LogP contribution in [0.15, 0.2) is 12.3 Å². The van der Waals surface area contributed by atoms with Crippen molar-refractivity contribution in [2.45, 2.75) is 32.6 Å². The summed E-state index contributed by atoms with van der Waals surface area (Å²) < 4.78 is 51.3. The van der Waals surface area contributed by atoms with Gasteiger partial charge in [0.15, 0.2) is 11.6 Å². The molecule has 3 nitrogen and oxygen atoms in total. The summed E-state index contributed by atoms with van der Waals surface area (Å²) in [5, 5.41) is 0. The van der Waals surface area contributed by atoms with E-state index in [1.165, 1.54) is 12.3 Å². The first-order valence-corrected chi connectivity index (χ1v) is 5.43. The molecule has 0 saturated carbocycles. The Morgan fingerprint density at radius 2 is 2.00 bits per heavy atom. The first kappa shape index (κ1) is 14.7. The van der Waals surface area contributed by atoms with Crippen LogP contribution < -0.4 is 10.6 Å². The Kier molecular flexibility index (Phi) is 4.50. The van der Waals surface area contributed by atoms with Crippen LogP contribution in [0.5, 0.6) is 0 Å². The fraction of sp³-hybridized carbons (Fsp3) is 0.545. The molecule has 0 saturated heterocycles. The van der Waals surface area contributed by atoms with E-state index in [0.29, 0.717) is 0 Å². The summed E-state index contributed by atoms with van der Waals surface area (Å²) in [7, 11) is 0. The molecule has 0 fully saturated rings. The standard InChI is InChI=1S/C11H15F4N3/c1-7(2)18(6-11(13,14)15)10-9(12)8(5-16)3-4-17-10/h3-4,7H,5-6,16H2,1-2H3. The number of nitrogens with zero attached hydrogens (tertiary/aromatic N) is 2. The molecule has 0 atom stereocenters. The molecule has 0 aromatic carbocycles. The van der Waals surface area contributed by atoms with Crippen molar-refractivity contribution < 1.29 is 17.6 Å². The van der Waals surface area contributed by atoms with E-state index < -0.39 is 24.6 Å². The van der Waals surface area contributed by atoms with E-state index >= 15 is 0 Å². The van der Waals surface area contributed by atoms with E-state index in [0.717, 1.165) is 4.90 Å². The lowest BCUT2D eigenvalue weighted by Gasteiger charge is -2.29. The number of hydrogen-bond donors (Lipinski definition) is 1. The van der Waals surface area contributed by atoms with E-state index in [4.69, 9.17) is 5.73 Å². The van der Waals surface area contributed by atoms with Crippen LogP contribution in [-0.4, -0.2) is 23.7 Å². The molecule has 1 aromatic heterocycles. The number of alkyl halides is 3. The van der Waals surface area contributed by atoms with Gasteiger partial charge in [-0.05, 0) is 19.9 Å². The smallest absolute Gasteiger partial charge is 0.343 e. The zero-order valence-electron chi connectivity index (χ0n) is 10.1. The number of halogens is 4. The van der Waals surface area contributed by atoms with Crippen LogP contribution in [0.25, 0.3) is 0 Å². The van der Waals surface area contributed by atoms with Crippen molar-refractivity contribution in [3.8, 4) is 0 Å². The summed E-state index contributed by atoms with van der Waals surface area (Å²) in [6, 6.07) is 0.826. The molecule has 0 bridgehead atoms. The van der Waals surface area contributed by atoms with Crippen LogP contribution >= 0.6 is 0 Å². The Bertz CT molecular complexity index is 404. The third kappa shape index (κ3) is 3.56. The topological polar surface area (TPSA) is 42.2 Å². The highest BCUT2D eigenvalue weighted by molar-refractivity contribution is 5.44. The zero-order valence-corrected chi connectivity index (χ0v) is 10.1. The number of anilines is 1. The van der Waals surface area contributed by atoms with Crippen LogP contribution in [0.4, 0.5) is 23.4 Å². The summed E-state index contributed by atoms with van der Waals surface area (Å²) in [6.07, 6.45) is -3.16. The van der Waals surface area contributed by atoms with E-state index in [1.807, 2.05) is 0 Å². The second-order valence-electron chi connectivity index (χ2n) is 4.15. The third-order valence-corrected chi connectivity index (χ3v) is 2.42. The van der Waals surface area contributed by atoms with Crippen molar-refractivity contribution in [3.63, 3.8) is 0 Å². The number of hydrogen-bond acceptors (Lipinski definition) is 3. The molecule has 0 aliphatic carbocycles. The molecular formula is C11H15F4N3. The van der Waals surface area contributed by atoms with Gasteiger partial charge in [-0.15, -0.1) is 0 Å². The molecule has 1 heterocycles. The lowest BCUT2D eigenvalue weighted by Crippen LogP contribution is -2.40. The summed E-state index contributed by atoms with van der Waals surface area (Å²) in [5.41, 5.74) is 5.46. The quantitative estimate of drug-likeness (QED) is 0.850. The van der Waals surface area contributed by atoms with Gasteiger partial charge in [-0.25, -0.2) is 9.37 Å². The number of aromatic nitrogens is 1. The minimum atomic E-state index is -4.42. The summed E-state index contributed by atoms with van der Waals surface area (Å²) in [4.78, 5) is 4.56. The predicted molar refractivity (Wildman–Crippen MR) is 60.6 cm³/mol. The van der Waals surface area contributed by atoms with Gasteiger partial charge in [0.05, 0.1) is 0 Å². The Hall–Kier alpha value is -1.37. The Morgan fingerprint density at radius 3 is 2.44 bits per heavy atom. The summed E-state index contributed by atoms with van der Waals surface area (Å²) >= 11 is 0. The van der Waals surface area contributed by atoms with Gasteiger partial charge in [-0.3, -0.25) is 0 Å². The average Bonchev–Trinajstić information content (AvgIpc) is 2.25.